The third kappa shape index (κ3) is 1.99. The van der Waals surface area contributed by atoms with Gasteiger partial charge in [0, 0.05) is 18.5 Å². The fraction of sp³-hybridized carbons (Fsp3) is 0.556. The number of carboxylic acids is 1. The van der Waals surface area contributed by atoms with E-state index >= 15 is 0 Å². The predicted molar refractivity (Wildman–Crippen MR) is 51.7 cm³/mol. The Hall–Kier alpha value is -1.24. The van der Waals surface area contributed by atoms with Gasteiger partial charge in [-0.05, 0) is 6.42 Å². The topological polar surface area (TPSA) is 55.1 Å². The Morgan fingerprint density at radius 3 is 2.59 bits per heavy atom. The van der Waals surface area contributed by atoms with E-state index in [9.17, 15) is 18.0 Å². The van der Waals surface area contributed by atoms with Gasteiger partial charge in [0.05, 0.1) is 5.92 Å². The maximum absolute atomic E-state index is 12.7. The van der Waals surface area contributed by atoms with Crippen LogP contribution in [0.25, 0.3) is 0 Å². The van der Waals surface area contributed by atoms with E-state index in [1.807, 2.05) is 0 Å². The minimum atomic E-state index is -4.62. The summed E-state index contributed by atoms with van der Waals surface area (Å²) in [5.74, 6) is -2.59. The van der Waals surface area contributed by atoms with Crippen molar-refractivity contribution in [3.05, 3.63) is 16.4 Å². The van der Waals surface area contributed by atoms with Crippen LogP contribution in [0.15, 0.2) is 0 Å². The zero-order valence-electron chi connectivity index (χ0n) is 8.62. The van der Waals surface area contributed by atoms with E-state index in [2.05, 4.69) is 5.10 Å². The summed E-state index contributed by atoms with van der Waals surface area (Å²) in [6.07, 6.45) is -4.45. The number of carboxylic acid groups (broad SMARTS) is 1. The van der Waals surface area contributed by atoms with Gasteiger partial charge in [0.25, 0.3) is 0 Å². The van der Waals surface area contributed by atoms with Crippen LogP contribution < -0.4 is 0 Å². The molecule has 1 aliphatic rings. The number of nitrogens with zero attached hydrogens (tertiary/aromatic N) is 2. The van der Waals surface area contributed by atoms with Gasteiger partial charge < -0.3 is 5.11 Å². The molecular weight excluding hydrogens is 261 g/mol. The van der Waals surface area contributed by atoms with E-state index in [0.29, 0.717) is 0 Å². The van der Waals surface area contributed by atoms with Crippen LogP contribution >= 0.6 is 11.6 Å². The normalized spacial score (nSPS) is 23.8. The number of aryl methyl sites for hydroxylation is 1. The van der Waals surface area contributed by atoms with Crippen LogP contribution in [0, 0.1) is 5.92 Å². The Morgan fingerprint density at radius 1 is 1.59 bits per heavy atom. The Kier molecular flexibility index (Phi) is 2.61. The van der Waals surface area contributed by atoms with Crippen molar-refractivity contribution in [1.82, 2.24) is 9.78 Å². The lowest BCUT2D eigenvalue weighted by molar-refractivity contribution is -0.143. The van der Waals surface area contributed by atoms with Gasteiger partial charge >= 0.3 is 12.1 Å². The van der Waals surface area contributed by atoms with Gasteiger partial charge in [-0.25, -0.2) is 0 Å². The first-order valence-electron chi connectivity index (χ1n) is 4.76. The van der Waals surface area contributed by atoms with E-state index in [4.69, 9.17) is 16.7 Å². The van der Waals surface area contributed by atoms with Crippen molar-refractivity contribution in [1.29, 1.82) is 0 Å². The highest BCUT2D eigenvalue weighted by Crippen LogP contribution is 2.53. The maximum Gasteiger partial charge on any atom is 0.435 e. The third-order valence-electron chi connectivity index (χ3n) is 2.76. The Labute approximate surface area is 99.0 Å². The molecule has 2 atom stereocenters. The number of aromatic nitrogens is 2. The van der Waals surface area contributed by atoms with Gasteiger partial charge in [0.15, 0.2) is 5.69 Å². The first-order chi connectivity index (χ1) is 7.73. The number of carbonyl (C=O) groups is 1. The smallest absolute Gasteiger partial charge is 0.435 e. The summed E-state index contributed by atoms with van der Waals surface area (Å²) >= 11 is 5.73. The first kappa shape index (κ1) is 12.2. The number of alkyl halides is 3. The van der Waals surface area contributed by atoms with Crippen molar-refractivity contribution in [2.24, 2.45) is 13.0 Å². The highest BCUT2D eigenvalue weighted by atomic mass is 35.5. The first-order valence-corrected chi connectivity index (χ1v) is 5.13. The molecule has 0 aromatic carbocycles. The van der Waals surface area contributed by atoms with E-state index < -0.39 is 29.7 Å². The average Bonchev–Trinajstić information content (AvgIpc) is 2.89. The van der Waals surface area contributed by atoms with Crippen LogP contribution in [-0.2, 0) is 18.0 Å². The van der Waals surface area contributed by atoms with E-state index in [1.165, 1.54) is 7.05 Å². The van der Waals surface area contributed by atoms with Crippen molar-refractivity contribution in [3.8, 4) is 0 Å². The van der Waals surface area contributed by atoms with E-state index in [-0.39, 0.29) is 17.1 Å². The van der Waals surface area contributed by atoms with E-state index in [1.54, 1.807) is 0 Å². The number of rotatable bonds is 2. The van der Waals surface area contributed by atoms with Gasteiger partial charge in [-0.2, -0.15) is 18.3 Å². The van der Waals surface area contributed by atoms with Gasteiger partial charge in [0.1, 0.15) is 5.15 Å². The molecule has 2 rings (SSSR count). The molecule has 8 heteroatoms. The quantitative estimate of drug-likeness (QED) is 0.895. The molecule has 1 N–H and O–H groups in total. The van der Waals surface area contributed by atoms with Gasteiger partial charge in [-0.15, -0.1) is 0 Å². The lowest BCUT2D eigenvalue weighted by Gasteiger charge is -2.05. The molecule has 1 aromatic heterocycles. The highest BCUT2D eigenvalue weighted by Gasteiger charge is 2.51. The Morgan fingerprint density at radius 2 is 2.18 bits per heavy atom. The minimum Gasteiger partial charge on any atom is -0.481 e. The molecule has 1 aliphatic carbocycles. The summed E-state index contributed by atoms with van der Waals surface area (Å²) in [4.78, 5) is 10.7. The molecule has 1 saturated carbocycles. The molecule has 4 nitrogen and oxygen atoms in total. The minimum absolute atomic E-state index is 0.147. The summed E-state index contributed by atoms with van der Waals surface area (Å²) in [5, 5.41) is 11.9. The Balaban J connectivity index is 2.44. The Bertz CT molecular complexity index is 483. The summed E-state index contributed by atoms with van der Waals surface area (Å²) in [6.45, 7) is 0. The van der Waals surface area contributed by atoms with Crippen LogP contribution in [0.4, 0.5) is 13.2 Å². The molecular formula is C9H8ClF3N2O2. The molecule has 0 unspecified atom stereocenters. The van der Waals surface area contributed by atoms with Crippen molar-refractivity contribution >= 4 is 17.6 Å². The maximum atomic E-state index is 12.7. The SMILES string of the molecule is Cn1nc(C(F)(F)F)c([C@@H]2C[C@H]2C(=O)O)c1Cl. The van der Waals surface area contributed by atoms with Crippen molar-refractivity contribution < 1.29 is 23.1 Å². The molecule has 0 amide bonds. The molecule has 0 radical (unpaired) electrons. The zero-order chi connectivity index (χ0) is 13.0. The molecule has 1 fully saturated rings. The largest absolute Gasteiger partial charge is 0.481 e. The van der Waals surface area contributed by atoms with Gasteiger partial charge in [-0.1, -0.05) is 11.6 Å². The molecule has 17 heavy (non-hydrogen) atoms. The fourth-order valence-corrected chi connectivity index (χ4v) is 2.11. The molecule has 0 saturated heterocycles. The van der Waals surface area contributed by atoms with Crippen LogP contribution in [0.5, 0.6) is 0 Å². The number of halogens is 4. The van der Waals surface area contributed by atoms with Gasteiger partial charge in [-0.3, -0.25) is 9.48 Å². The molecule has 0 bridgehead atoms. The highest BCUT2D eigenvalue weighted by molar-refractivity contribution is 6.30. The lowest BCUT2D eigenvalue weighted by Crippen LogP contribution is -2.10. The number of aliphatic carboxylic acids is 1. The van der Waals surface area contributed by atoms with E-state index in [0.717, 1.165) is 4.68 Å². The molecule has 0 spiro atoms. The zero-order valence-corrected chi connectivity index (χ0v) is 9.38. The second-order valence-electron chi connectivity index (χ2n) is 3.96. The van der Waals surface area contributed by atoms with Gasteiger partial charge in [0.2, 0.25) is 0 Å². The van der Waals surface area contributed by atoms with Crippen molar-refractivity contribution in [2.75, 3.05) is 0 Å². The number of hydrogen-bond acceptors (Lipinski definition) is 2. The summed E-state index contributed by atoms with van der Waals surface area (Å²) in [5.41, 5.74) is -1.28. The van der Waals surface area contributed by atoms with Crippen LogP contribution in [0.1, 0.15) is 23.6 Å². The van der Waals surface area contributed by atoms with Crippen molar-refractivity contribution in [3.63, 3.8) is 0 Å². The average molecular weight is 269 g/mol. The van der Waals surface area contributed by atoms with Crippen LogP contribution in [0.2, 0.25) is 5.15 Å². The molecule has 94 valence electrons. The molecule has 1 aromatic rings. The molecule has 0 aliphatic heterocycles. The van der Waals surface area contributed by atoms with Crippen LogP contribution in [-0.4, -0.2) is 20.9 Å². The standard InChI is InChI=1S/C9H8ClF3N2O2/c1-15-7(10)5(3-2-4(3)8(16)17)6(14-15)9(11,12)13/h3-4H,2H2,1H3,(H,16,17)/t3-,4-/m1/s1. The second-order valence-corrected chi connectivity index (χ2v) is 4.32. The predicted octanol–water partition coefficient (Wildman–Crippen LogP) is 2.28. The molecule has 1 heterocycles. The fourth-order valence-electron chi connectivity index (χ4n) is 1.84. The van der Waals surface area contributed by atoms with Crippen LogP contribution in [0.3, 0.4) is 0 Å². The van der Waals surface area contributed by atoms with Crippen molar-refractivity contribution in [2.45, 2.75) is 18.5 Å². The monoisotopic (exact) mass is 268 g/mol. The third-order valence-corrected chi connectivity index (χ3v) is 3.21. The summed E-state index contributed by atoms with van der Waals surface area (Å²) in [6, 6.07) is 0. The summed E-state index contributed by atoms with van der Waals surface area (Å²) in [7, 11) is 1.29. The lowest BCUT2D eigenvalue weighted by atomic mass is 10.1. The summed E-state index contributed by atoms with van der Waals surface area (Å²) < 4.78 is 38.9. The number of hydrogen-bond donors (Lipinski definition) is 1. The second kappa shape index (κ2) is 3.63.